The normalized spacial score (nSPS) is 11.3. The predicted octanol–water partition coefficient (Wildman–Crippen LogP) is 3.25. The number of amides is 1. The van der Waals surface area contributed by atoms with Crippen molar-refractivity contribution in [2.45, 2.75) is 32.6 Å². The van der Waals surface area contributed by atoms with Crippen LogP contribution in [0.25, 0.3) is 0 Å². The number of hydrogen-bond acceptors (Lipinski definition) is 6. The van der Waals surface area contributed by atoms with Crippen LogP contribution in [0.15, 0.2) is 47.4 Å². The molecule has 0 spiro atoms. The van der Waals surface area contributed by atoms with Crippen LogP contribution in [-0.4, -0.2) is 50.8 Å². The Kier molecular flexibility index (Phi) is 8.58. The van der Waals surface area contributed by atoms with Gasteiger partial charge in [-0.15, -0.1) is 0 Å². The van der Waals surface area contributed by atoms with E-state index >= 15 is 0 Å². The van der Waals surface area contributed by atoms with Crippen molar-refractivity contribution < 1.29 is 22.7 Å². The molecule has 8 nitrogen and oxygen atoms in total. The van der Waals surface area contributed by atoms with Crippen LogP contribution in [-0.2, 0) is 19.6 Å². The number of aryl methyl sites for hydroxylation is 1. The number of hydrogen-bond donors (Lipinski definition) is 2. The Balaban J connectivity index is 2.05. The monoisotopic (exact) mass is 447 g/mol. The summed E-state index contributed by atoms with van der Waals surface area (Å²) in [5.74, 6) is -0.725. The summed E-state index contributed by atoms with van der Waals surface area (Å²) in [6, 6.07) is 11.3. The molecule has 0 atom stereocenters. The summed E-state index contributed by atoms with van der Waals surface area (Å²) in [5, 5.41) is 5.73. The van der Waals surface area contributed by atoms with E-state index in [9.17, 15) is 18.0 Å². The topological polar surface area (TPSA) is 105 Å². The first-order valence-electron chi connectivity index (χ1n) is 10.1. The van der Waals surface area contributed by atoms with Crippen LogP contribution in [0.2, 0.25) is 0 Å². The quantitative estimate of drug-likeness (QED) is 0.542. The zero-order valence-corrected chi connectivity index (χ0v) is 19.1. The van der Waals surface area contributed by atoms with E-state index < -0.39 is 16.0 Å². The second-order valence-electron chi connectivity index (χ2n) is 6.77. The van der Waals surface area contributed by atoms with Gasteiger partial charge in [0.15, 0.2) is 0 Å². The lowest BCUT2D eigenvalue weighted by molar-refractivity contribution is -0.114. The lowest BCUT2D eigenvalue weighted by atomic mass is 10.2. The van der Waals surface area contributed by atoms with Gasteiger partial charge >= 0.3 is 5.97 Å². The lowest BCUT2D eigenvalue weighted by Gasteiger charge is -2.19. The van der Waals surface area contributed by atoms with E-state index in [-0.39, 0.29) is 17.3 Å². The Hall–Kier alpha value is -2.91. The molecule has 0 saturated carbocycles. The number of nitrogens with one attached hydrogen (secondary N) is 2. The smallest absolute Gasteiger partial charge is 0.338 e. The number of sulfonamides is 1. The molecule has 1 amide bonds. The summed E-state index contributed by atoms with van der Waals surface area (Å²) in [4.78, 5) is 24.2. The molecule has 0 bridgehead atoms. The Labute approximate surface area is 183 Å². The number of ether oxygens (including phenoxy) is 1. The van der Waals surface area contributed by atoms with Crippen molar-refractivity contribution in [1.29, 1.82) is 0 Å². The number of carbonyl (C=O) groups is 2. The Morgan fingerprint density at radius 3 is 2.23 bits per heavy atom. The zero-order chi connectivity index (χ0) is 23.0. The first kappa shape index (κ1) is 24.4. The Bertz CT molecular complexity index is 1020. The maximum absolute atomic E-state index is 12.7. The Morgan fingerprint density at radius 2 is 1.65 bits per heavy atom. The molecule has 31 heavy (non-hydrogen) atoms. The largest absolute Gasteiger partial charge is 0.462 e. The predicted molar refractivity (Wildman–Crippen MR) is 121 cm³/mol. The van der Waals surface area contributed by atoms with Crippen LogP contribution >= 0.6 is 0 Å². The Morgan fingerprint density at radius 1 is 1.00 bits per heavy atom. The first-order chi connectivity index (χ1) is 14.7. The first-order valence-corrected chi connectivity index (χ1v) is 11.6. The maximum atomic E-state index is 12.7. The minimum atomic E-state index is -3.62. The van der Waals surface area contributed by atoms with Gasteiger partial charge in [-0.2, -0.15) is 4.31 Å². The van der Waals surface area contributed by atoms with Crippen LogP contribution in [0, 0.1) is 6.92 Å². The molecule has 0 aliphatic rings. The molecule has 2 aromatic carbocycles. The van der Waals surface area contributed by atoms with E-state index in [0.717, 1.165) is 5.56 Å². The third-order valence-corrected chi connectivity index (χ3v) is 6.72. The van der Waals surface area contributed by atoms with E-state index in [1.54, 1.807) is 64.1 Å². The molecule has 2 aromatic rings. The van der Waals surface area contributed by atoms with Crippen molar-refractivity contribution in [3.05, 3.63) is 53.6 Å². The van der Waals surface area contributed by atoms with E-state index in [1.807, 2.05) is 0 Å². The van der Waals surface area contributed by atoms with E-state index in [4.69, 9.17) is 4.74 Å². The molecule has 0 unspecified atom stereocenters. The van der Waals surface area contributed by atoms with Crippen molar-refractivity contribution in [3.8, 4) is 0 Å². The van der Waals surface area contributed by atoms with Gasteiger partial charge in [0.2, 0.25) is 15.9 Å². The number of rotatable bonds is 10. The lowest BCUT2D eigenvalue weighted by Crippen LogP contribution is -2.30. The third kappa shape index (κ3) is 6.28. The van der Waals surface area contributed by atoms with E-state index in [2.05, 4.69) is 10.6 Å². The molecule has 9 heteroatoms. The molecule has 0 fully saturated rings. The minimum absolute atomic E-state index is 0.0226. The van der Waals surface area contributed by atoms with Gasteiger partial charge in [-0.25, -0.2) is 13.2 Å². The van der Waals surface area contributed by atoms with Crippen LogP contribution in [0.4, 0.5) is 11.4 Å². The summed E-state index contributed by atoms with van der Waals surface area (Å²) in [5.41, 5.74) is 2.29. The van der Waals surface area contributed by atoms with Gasteiger partial charge in [-0.05, 0) is 55.8 Å². The molecule has 0 saturated heterocycles. The molecular weight excluding hydrogens is 418 g/mol. The molecule has 2 N–H and O–H groups in total. The molecule has 0 aliphatic carbocycles. The molecule has 0 radical (unpaired) electrons. The number of nitrogens with zero attached hydrogens (tertiary/aromatic N) is 1. The standard InChI is InChI=1S/C22H29N3O5S/c1-5-25(6-2)31(28,29)19-13-8-16(4)20(14-19)24-21(26)15-23-18-11-9-17(10-12-18)22(27)30-7-3/h8-14,23H,5-7,15H2,1-4H3,(H,24,26). The minimum Gasteiger partial charge on any atom is -0.462 e. The molecular formula is C22H29N3O5S. The summed E-state index contributed by atoms with van der Waals surface area (Å²) in [6.07, 6.45) is 0. The highest BCUT2D eigenvalue weighted by molar-refractivity contribution is 7.89. The zero-order valence-electron chi connectivity index (χ0n) is 18.3. The van der Waals surface area contributed by atoms with Crippen LogP contribution in [0.5, 0.6) is 0 Å². The summed E-state index contributed by atoms with van der Waals surface area (Å²) < 4.78 is 31.8. The second kappa shape index (κ2) is 10.9. The number of anilines is 2. The fraction of sp³-hybridized carbons (Fsp3) is 0.364. The maximum Gasteiger partial charge on any atom is 0.338 e. The average Bonchev–Trinajstić information content (AvgIpc) is 2.75. The average molecular weight is 448 g/mol. The summed E-state index contributed by atoms with van der Waals surface area (Å²) in [7, 11) is -3.62. The van der Waals surface area contributed by atoms with Crippen molar-refractivity contribution in [2.24, 2.45) is 0 Å². The van der Waals surface area contributed by atoms with Crippen molar-refractivity contribution in [3.63, 3.8) is 0 Å². The van der Waals surface area contributed by atoms with Gasteiger partial charge < -0.3 is 15.4 Å². The van der Waals surface area contributed by atoms with Gasteiger partial charge in [-0.1, -0.05) is 19.9 Å². The highest BCUT2D eigenvalue weighted by Crippen LogP contribution is 2.23. The molecule has 0 aromatic heterocycles. The number of carbonyl (C=O) groups excluding carboxylic acids is 2. The van der Waals surface area contributed by atoms with Crippen LogP contribution < -0.4 is 10.6 Å². The second-order valence-corrected chi connectivity index (χ2v) is 8.70. The molecule has 0 heterocycles. The van der Waals surface area contributed by atoms with Crippen molar-refractivity contribution in [2.75, 3.05) is 36.9 Å². The third-order valence-electron chi connectivity index (χ3n) is 4.68. The van der Waals surface area contributed by atoms with E-state index in [0.29, 0.717) is 36.6 Å². The highest BCUT2D eigenvalue weighted by Gasteiger charge is 2.22. The van der Waals surface area contributed by atoms with Gasteiger partial charge in [-0.3, -0.25) is 4.79 Å². The summed E-state index contributed by atoms with van der Waals surface area (Å²) >= 11 is 0. The van der Waals surface area contributed by atoms with E-state index in [1.165, 1.54) is 10.4 Å². The fourth-order valence-electron chi connectivity index (χ4n) is 2.92. The molecule has 0 aliphatic heterocycles. The van der Waals surface area contributed by atoms with Crippen molar-refractivity contribution >= 4 is 33.3 Å². The summed E-state index contributed by atoms with van der Waals surface area (Å²) in [6.45, 7) is 8.11. The SMILES string of the molecule is CCOC(=O)c1ccc(NCC(=O)Nc2cc(S(=O)(=O)N(CC)CC)ccc2C)cc1. The number of esters is 1. The highest BCUT2D eigenvalue weighted by atomic mass is 32.2. The molecule has 168 valence electrons. The van der Waals surface area contributed by atoms with Crippen molar-refractivity contribution in [1.82, 2.24) is 4.31 Å². The fourth-order valence-corrected chi connectivity index (χ4v) is 4.41. The van der Waals surface area contributed by atoms with Crippen LogP contribution in [0.1, 0.15) is 36.7 Å². The van der Waals surface area contributed by atoms with Gasteiger partial charge in [0, 0.05) is 24.5 Å². The van der Waals surface area contributed by atoms with Gasteiger partial charge in [0.1, 0.15) is 0 Å². The number of benzene rings is 2. The van der Waals surface area contributed by atoms with Gasteiger partial charge in [0.05, 0.1) is 23.6 Å². The van der Waals surface area contributed by atoms with Gasteiger partial charge in [0.25, 0.3) is 0 Å². The molecule has 2 rings (SSSR count). The van der Waals surface area contributed by atoms with Crippen LogP contribution in [0.3, 0.4) is 0 Å².